The lowest BCUT2D eigenvalue weighted by Crippen LogP contribution is -2.01. The minimum atomic E-state index is -0.266. The van der Waals surface area contributed by atoms with Crippen LogP contribution in [0.3, 0.4) is 0 Å². The number of nitriles is 1. The molecule has 0 atom stereocenters. The maximum Gasteiger partial charge on any atom is 0.187 e. The summed E-state index contributed by atoms with van der Waals surface area (Å²) in [6.45, 7) is 2.50. The summed E-state index contributed by atoms with van der Waals surface area (Å²) in [6.07, 6.45) is 3.50. The van der Waals surface area contributed by atoms with Crippen molar-refractivity contribution in [2.75, 3.05) is 5.32 Å². The van der Waals surface area contributed by atoms with Crippen molar-refractivity contribution in [3.8, 4) is 6.07 Å². The van der Waals surface area contributed by atoms with Crippen LogP contribution in [0.4, 0.5) is 15.8 Å². The normalized spacial score (nSPS) is 10.7. The van der Waals surface area contributed by atoms with Crippen molar-refractivity contribution in [1.29, 1.82) is 5.26 Å². The second kappa shape index (κ2) is 6.84. The van der Waals surface area contributed by atoms with Crippen LogP contribution in [0.2, 0.25) is 0 Å². The summed E-state index contributed by atoms with van der Waals surface area (Å²) in [5, 5.41) is 25.9. The van der Waals surface area contributed by atoms with Crippen LogP contribution in [-0.4, -0.2) is 20.0 Å². The molecule has 27 heavy (non-hydrogen) atoms. The van der Waals surface area contributed by atoms with Crippen molar-refractivity contribution in [1.82, 2.24) is 20.0 Å². The first-order valence-corrected chi connectivity index (χ1v) is 8.33. The zero-order valence-electron chi connectivity index (χ0n) is 14.5. The van der Waals surface area contributed by atoms with E-state index in [1.54, 1.807) is 23.0 Å². The van der Waals surface area contributed by atoms with E-state index in [1.165, 1.54) is 12.1 Å². The lowest BCUT2D eigenvalue weighted by atomic mass is 10.1. The SMILES string of the molecule is Cc1ccc2nnc(C#N)c(Nc3cnn(Cc4ccc(F)cc4)c3)c2c1. The summed E-state index contributed by atoms with van der Waals surface area (Å²) >= 11 is 0. The third kappa shape index (κ3) is 3.46. The summed E-state index contributed by atoms with van der Waals surface area (Å²) in [7, 11) is 0. The average molecular weight is 358 g/mol. The number of anilines is 2. The highest BCUT2D eigenvalue weighted by Gasteiger charge is 2.12. The Morgan fingerprint density at radius 2 is 1.96 bits per heavy atom. The Labute approximate surface area is 154 Å². The van der Waals surface area contributed by atoms with E-state index in [0.29, 0.717) is 17.7 Å². The van der Waals surface area contributed by atoms with Crippen LogP contribution in [0.1, 0.15) is 16.8 Å². The van der Waals surface area contributed by atoms with E-state index in [-0.39, 0.29) is 11.5 Å². The summed E-state index contributed by atoms with van der Waals surface area (Å²) in [4.78, 5) is 0. The van der Waals surface area contributed by atoms with Gasteiger partial charge in [0.05, 0.1) is 29.6 Å². The monoisotopic (exact) mass is 358 g/mol. The van der Waals surface area contributed by atoms with Crippen molar-refractivity contribution < 1.29 is 4.39 Å². The van der Waals surface area contributed by atoms with Gasteiger partial charge in [0.25, 0.3) is 0 Å². The topological polar surface area (TPSA) is 79.4 Å². The van der Waals surface area contributed by atoms with Gasteiger partial charge in [0, 0.05) is 11.6 Å². The highest BCUT2D eigenvalue weighted by Crippen LogP contribution is 2.28. The molecule has 7 heteroatoms. The second-order valence-electron chi connectivity index (χ2n) is 6.23. The van der Waals surface area contributed by atoms with E-state index in [4.69, 9.17) is 0 Å². The van der Waals surface area contributed by atoms with E-state index in [1.807, 2.05) is 31.3 Å². The quantitative estimate of drug-likeness (QED) is 0.598. The number of benzene rings is 2. The second-order valence-corrected chi connectivity index (χ2v) is 6.23. The third-order valence-electron chi connectivity index (χ3n) is 4.18. The molecular weight excluding hydrogens is 343 g/mol. The summed E-state index contributed by atoms with van der Waals surface area (Å²) in [5.41, 5.74) is 4.27. The number of halogens is 1. The van der Waals surface area contributed by atoms with Gasteiger partial charge in [0.2, 0.25) is 0 Å². The molecule has 2 aromatic carbocycles. The van der Waals surface area contributed by atoms with Gasteiger partial charge in [0.15, 0.2) is 5.69 Å². The number of nitrogens with one attached hydrogen (secondary N) is 1. The molecule has 0 radical (unpaired) electrons. The highest BCUT2D eigenvalue weighted by molar-refractivity contribution is 5.95. The minimum Gasteiger partial charge on any atom is -0.350 e. The maximum atomic E-state index is 13.0. The van der Waals surface area contributed by atoms with Crippen LogP contribution in [0.25, 0.3) is 10.9 Å². The average Bonchev–Trinajstić information content (AvgIpc) is 3.11. The Balaban J connectivity index is 1.65. The lowest BCUT2D eigenvalue weighted by molar-refractivity contribution is 0.624. The fourth-order valence-electron chi connectivity index (χ4n) is 2.86. The molecule has 2 aromatic heterocycles. The molecule has 6 nitrogen and oxygen atoms in total. The molecule has 0 bridgehead atoms. The molecule has 0 aliphatic heterocycles. The first-order chi connectivity index (χ1) is 13.1. The van der Waals surface area contributed by atoms with E-state index >= 15 is 0 Å². The molecule has 0 amide bonds. The molecule has 0 saturated heterocycles. The molecule has 4 aromatic rings. The predicted octanol–water partition coefficient (Wildman–Crippen LogP) is 3.94. The molecule has 0 aliphatic carbocycles. The van der Waals surface area contributed by atoms with Gasteiger partial charge in [-0.1, -0.05) is 23.8 Å². The van der Waals surface area contributed by atoms with Crippen molar-refractivity contribution >= 4 is 22.3 Å². The molecule has 0 aliphatic rings. The molecule has 0 fully saturated rings. The molecular formula is C20H15FN6. The fourth-order valence-corrected chi connectivity index (χ4v) is 2.86. The van der Waals surface area contributed by atoms with Crippen LogP contribution in [0.5, 0.6) is 0 Å². The molecule has 0 saturated carbocycles. The number of aromatic nitrogens is 4. The van der Waals surface area contributed by atoms with Gasteiger partial charge in [-0.3, -0.25) is 4.68 Å². The molecule has 1 N–H and O–H groups in total. The van der Waals surface area contributed by atoms with Crippen molar-refractivity contribution in [2.45, 2.75) is 13.5 Å². The largest absolute Gasteiger partial charge is 0.350 e. The zero-order chi connectivity index (χ0) is 18.8. The number of fused-ring (bicyclic) bond motifs is 1. The van der Waals surface area contributed by atoms with Crippen LogP contribution in [0.15, 0.2) is 54.9 Å². The van der Waals surface area contributed by atoms with Crippen LogP contribution >= 0.6 is 0 Å². The number of aryl methyl sites for hydroxylation is 1. The van der Waals surface area contributed by atoms with Gasteiger partial charge in [0.1, 0.15) is 11.9 Å². The van der Waals surface area contributed by atoms with Gasteiger partial charge in [-0.05, 0) is 36.8 Å². The fraction of sp³-hybridized carbons (Fsp3) is 0.100. The van der Waals surface area contributed by atoms with Crippen molar-refractivity contribution in [3.05, 3.63) is 77.5 Å². The number of rotatable bonds is 4. The minimum absolute atomic E-state index is 0.222. The summed E-state index contributed by atoms with van der Waals surface area (Å²) in [5.74, 6) is -0.266. The third-order valence-corrected chi connectivity index (χ3v) is 4.18. The molecule has 132 valence electrons. The summed E-state index contributed by atoms with van der Waals surface area (Å²) in [6, 6.07) is 14.2. The first-order valence-electron chi connectivity index (χ1n) is 8.33. The highest BCUT2D eigenvalue weighted by atomic mass is 19.1. The van der Waals surface area contributed by atoms with Crippen LogP contribution in [-0.2, 0) is 6.54 Å². The Kier molecular flexibility index (Phi) is 4.22. The Bertz CT molecular complexity index is 1160. The Hall–Kier alpha value is -3.79. The molecule has 2 heterocycles. The van der Waals surface area contributed by atoms with Crippen LogP contribution in [0, 0.1) is 24.1 Å². The van der Waals surface area contributed by atoms with E-state index in [0.717, 1.165) is 22.2 Å². The van der Waals surface area contributed by atoms with Crippen LogP contribution < -0.4 is 5.32 Å². The van der Waals surface area contributed by atoms with Gasteiger partial charge < -0.3 is 5.32 Å². The number of nitrogens with zero attached hydrogens (tertiary/aromatic N) is 5. The van der Waals surface area contributed by atoms with Crippen molar-refractivity contribution in [2.24, 2.45) is 0 Å². The maximum absolute atomic E-state index is 13.0. The Morgan fingerprint density at radius 1 is 1.15 bits per heavy atom. The molecule has 4 rings (SSSR count). The van der Waals surface area contributed by atoms with Gasteiger partial charge in [-0.15, -0.1) is 10.2 Å². The summed E-state index contributed by atoms with van der Waals surface area (Å²) < 4.78 is 14.8. The zero-order valence-corrected chi connectivity index (χ0v) is 14.5. The van der Waals surface area contributed by atoms with Crippen molar-refractivity contribution in [3.63, 3.8) is 0 Å². The van der Waals surface area contributed by atoms with Gasteiger partial charge in [-0.25, -0.2) is 4.39 Å². The standard InChI is InChI=1S/C20H15FN6/c1-13-2-7-18-17(8-13)20(19(9-22)26-25-18)24-16-10-23-27(12-16)11-14-3-5-15(21)6-4-14/h2-8,10,12H,11H2,1H3,(H,24,25). The Morgan fingerprint density at radius 3 is 2.74 bits per heavy atom. The number of hydrogen-bond acceptors (Lipinski definition) is 5. The van der Waals surface area contributed by atoms with E-state index in [2.05, 4.69) is 26.7 Å². The first kappa shape index (κ1) is 16.7. The predicted molar refractivity (Wildman–Crippen MR) is 100 cm³/mol. The van der Waals surface area contributed by atoms with Gasteiger partial charge >= 0.3 is 0 Å². The molecule has 0 spiro atoms. The smallest absolute Gasteiger partial charge is 0.187 e. The molecule has 0 unspecified atom stereocenters. The van der Waals surface area contributed by atoms with E-state index in [9.17, 15) is 9.65 Å². The number of hydrogen-bond donors (Lipinski definition) is 1. The van der Waals surface area contributed by atoms with Gasteiger partial charge in [-0.2, -0.15) is 10.4 Å². The van der Waals surface area contributed by atoms with E-state index < -0.39 is 0 Å². The lowest BCUT2D eigenvalue weighted by Gasteiger charge is -2.09.